The van der Waals surface area contributed by atoms with Crippen molar-refractivity contribution in [2.75, 3.05) is 7.05 Å². The molecule has 1 N–H and O–H groups in total. The Labute approximate surface area is 135 Å². The first-order valence-electron chi connectivity index (χ1n) is 7.68. The fraction of sp³-hybridized carbons (Fsp3) is 0.688. The second-order valence-electron chi connectivity index (χ2n) is 6.10. The van der Waals surface area contributed by atoms with E-state index in [1.165, 1.54) is 17.7 Å². The molecule has 1 saturated carbocycles. The maximum atomic E-state index is 11.5. The molecular weight excluding hydrogens is 306 g/mol. The maximum absolute atomic E-state index is 11.5. The van der Waals surface area contributed by atoms with Gasteiger partial charge in [-0.15, -0.1) is 11.3 Å². The molecule has 0 aromatic carbocycles. The number of hydrogen-bond acceptors (Lipinski definition) is 3. The van der Waals surface area contributed by atoms with Gasteiger partial charge in [0.15, 0.2) is 0 Å². The lowest BCUT2D eigenvalue weighted by Gasteiger charge is -2.39. The quantitative estimate of drug-likeness (QED) is 0.835. The van der Waals surface area contributed by atoms with Crippen LogP contribution in [0.4, 0.5) is 0 Å². The van der Waals surface area contributed by atoms with E-state index in [9.17, 15) is 9.90 Å². The van der Waals surface area contributed by atoms with Gasteiger partial charge >= 0.3 is 5.97 Å². The first-order chi connectivity index (χ1) is 10.0. The molecule has 3 nitrogen and oxygen atoms in total. The number of carbonyl (C=O) groups is 1. The van der Waals surface area contributed by atoms with E-state index in [2.05, 4.69) is 11.8 Å². The molecule has 1 heterocycles. The molecule has 0 bridgehead atoms. The van der Waals surface area contributed by atoms with Gasteiger partial charge in [-0.2, -0.15) is 0 Å². The molecule has 1 aromatic heterocycles. The third-order valence-corrected chi connectivity index (χ3v) is 5.76. The highest BCUT2D eigenvalue weighted by atomic mass is 35.5. The van der Waals surface area contributed by atoms with Gasteiger partial charge in [0.2, 0.25) is 0 Å². The summed E-state index contributed by atoms with van der Waals surface area (Å²) in [7, 11) is 2.04. The zero-order chi connectivity index (χ0) is 15.4. The van der Waals surface area contributed by atoms with E-state index in [4.69, 9.17) is 11.6 Å². The molecule has 0 spiro atoms. The molecule has 3 atom stereocenters. The topological polar surface area (TPSA) is 40.5 Å². The van der Waals surface area contributed by atoms with Crippen molar-refractivity contribution < 1.29 is 9.90 Å². The highest BCUT2D eigenvalue weighted by Crippen LogP contribution is 2.35. The Hall–Kier alpha value is -0.580. The lowest BCUT2D eigenvalue weighted by molar-refractivity contribution is -0.146. The predicted molar refractivity (Wildman–Crippen MR) is 88.0 cm³/mol. The van der Waals surface area contributed by atoms with Crippen LogP contribution in [0.5, 0.6) is 0 Å². The minimum atomic E-state index is -0.647. The van der Waals surface area contributed by atoms with Crippen LogP contribution in [0, 0.1) is 11.8 Å². The van der Waals surface area contributed by atoms with Crippen molar-refractivity contribution in [3.05, 3.63) is 21.3 Å². The van der Waals surface area contributed by atoms with Crippen LogP contribution in [0.15, 0.2) is 12.1 Å². The molecule has 0 amide bonds. The number of carboxylic acid groups (broad SMARTS) is 1. The molecule has 118 valence electrons. The van der Waals surface area contributed by atoms with E-state index in [1.807, 2.05) is 19.2 Å². The average molecular weight is 330 g/mol. The van der Waals surface area contributed by atoms with Crippen molar-refractivity contribution in [2.45, 2.75) is 51.6 Å². The van der Waals surface area contributed by atoms with Crippen LogP contribution >= 0.6 is 22.9 Å². The molecule has 1 aliphatic carbocycles. The molecule has 3 unspecified atom stereocenters. The van der Waals surface area contributed by atoms with E-state index in [-0.39, 0.29) is 12.0 Å². The summed E-state index contributed by atoms with van der Waals surface area (Å²) in [6.45, 7) is 2.99. The zero-order valence-electron chi connectivity index (χ0n) is 12.7. The average Bonchev–Trinajstić information content (AvgIpc) is 2.84. The number of carboxylic acids is 1. The molecule has 1 aromatic rings. The number of halogens is 1. The standard InChI is InChI=1S/C16H24ClNO2S/c1-3-4-11-5-7-13(16(19)20)14(9-11)18(2)10-12-6-8-15(17)21-12/h6,8,11,13-14H,3-5,7,9-10H2,1-2H3,(H,19,20). The molecule has 0 radical (unpaired) electrons. The monoisotopic (exact) mass is 329 g/mol. The van der Waals surface area contributed by atoms with Crippen LogP contribution in [0.3, 0.4) is 0 Å². The normalized spacial score (nSPS) is 26.2. The Morgan fingerprint density at radius 1 is 1.48 bits per heavy atom. The molecule has 2 rings (SSSR count). The van der Waals surface area contributed by atoms with Crippen LogP contribution in [-0.2, 0) is 11.3 Å². The van der Waals surface area contributed by atoms with Crippen LogP contribution in [0.2, 0.25) is 4.34 Å². The first kappa shape index (κ1) is 16.8. The molecule has 1 aliphatic rings. The fourth-order valence-corrected chi connectivity index (χ4v) is 4.63. The van der Waals surface area contributed by atoms with Crippen molar-refractivity contribution >= 4 is 28.9 Å². The van der Waals surface area contributed by atoms with Gasteiger partial charge in [0.25, 0.3) is 0 Å². The summed E-state index contributed by atoms with van der Waals surface area (Å²) in [5.41, 5.74) is 0. The lowest BCUT2D eigenvalue weighted by Crippen LogP contribution is -2.45. The third-order valence-electron chi connectivity index (χ3n) is 4.54. The fourth-order valence-electron chi connectivity index (χ4n) is 3.48. The van der Waals surface area contributed by atoms with Gasteiger partial charge in [-0.3, -0.25) is 9.69 Å². The van der Waals surface area contributed by atoms with Gasteiger partial charge in [0, 0.05) is 17.5 Å². The Balaban J connectivity index is 2.05. The van der Waals surface area contributed by atoms with Gasteiger partial charge < -0.3 is 5.11 Å². The summed E-state index contributed by atoms with van der Waals surface area (Å²) in [5.74, 6) is -0.213. The van der Waals surface area contributed by atoms with E-state index in [0.29, 0.717) is 5.92 Å². The minimum Gasteiger partial charge on any atom is -0.481 e. The van der Waals surface area contributed by atoms with Gasteiger partial charge in [0.05, 0.1) is 10.3 Å². The summed E-state index contributed by atoms with van der Waals surface area (Å²) in [6.07, 6.45) is 5.25. The van der Waals surface area contributed by atoms with E-state index in [1.54, 1.807) is 11.3 Å². The second kappa shape index (κ2) is 7.61. The first-order valence-corrected chi connectivity index (χ1v) is 8.88. The minimum absolute atomic E-state index is 0.133. The van der Waals surface area contributed by atoms with Crippen molar-refractivity contribution in [2.24, 2.45) is 11.8 Å². The molecule has 5 heteroatoms. The van der Waals surface area contributed by atoms with Gasteiger partial charge in [-0.25, -0.2) is 0 Å². The molecule has 0 saturated heterocycles. The highest BCUT2D eigenvalue weighted by Gasteiger charge is 2.36. The van der Waals surface area contributed by atoms with Gasteiger partial charge in [-0.05, 0) is 44.4 Å². The largest absolute Gasteiger partial charge is 0.481 e. The SMILES string of the molecule is CCCC1CCC(C(=O)O)C(N(C)Cc2ccc(Cl)s2)C1. The van der Waals surface area contributed by atoms with Gasteiger partial charge in [-0.1, -0.05) is 31.4 Å². The molecule has 1 fully saturated rings. The zero-order valence-corrected chi connectivity index (χ0v) is 14.3. The molecular formula is C16H24ClNO2S. The van der Waals surface area contributed by atoms with Crippen molar-refractivity contribution in [1.29, 1.82) is 0 Å². The Morgan fingerprint density at radius 3 is 2.81 bits per heavy atom. The molecule has 0 aliphatic heterocycles. The van der Waals surface area contributed by atoms with E-state index >= 15 is 0 Å². The van der Waals surface area contributed by atoms with Crippen molar-refractivity contribution in [1.82, 2.24) is 4.90 Å². The number of hydrogen-bond donors (Lipinski definition) is 1. The van der Waals surface area contributed by atoms with Crippen molar-refractivity contribution in [3.63, 3.8) is 0 Å². The highest BCUT2D eigenvalue weighted by molar-refractivity contribution is 7.16. The Morgan fingerprint density at radius 2 is 2.24 bits per heavy atom. The van der Waals surface area contributed by atoms with Crippen LogP contribution < -0.4 is 0 Å². The van der Waals surface area contributed by atoms with E-state index in [0.717, 1.165) is 30.1 Å². The third kappa shape index (κ3) is 4.44. The second-order valence-corrected chi connectivity index (χ2v) is 7.90. The smallest absolute Gasteiger partial charge is 0.308 e. The molecule has 21 heavy (non-hydrogen) atoms. The number of nitrogens with zero attached hydrogens (tertiary/aromatic N) is 1. The van der Waals surface area contributed by atoms with Crippen LogP contribution in [-0.4, -0.2) is 29.1 Å². The maximum Gasteiger partial charge on any atom is 0.308 e. The summed E-state index contributed by atoms with van der Waals surface area (Å²) in [5, 5.41) is 9.50. The summed E-state index contributed by atoms with van der Waals surface area (Å²) in [4.78, 5) is 15.0. The van der Waals surface area contributed by atoms with Gasteiger partial charge in [0.1, 0.15) is 0 Å². The number of rotatable bonds is 6. The number of aliphatic carboxylic acids is 1. The van der Waals surface area contributed by atoms with E-state index < -0.39 is 5.97 Å². The predicted octanol–water partition coefficient (Wildman–Crippen LogP) is 4.50. The summed E-state index contributed by atoms with van der Waals surface area (Å²) < 4.78 is 0.792. The number of thiophene rings is 1. The van der Waals surface area contributed by atoms with Crippen molar-refractivity contribution in [3.8, 4) is 0 Å². The van der Waals surface area contributed by atoms with Crippen LogP contribution in [0.1, 0.15) is 43.9 Å². The summed E-state index contributed by atoms with van der Waals surface area (Å²) in [6, 6.07) is 4.07. The lowest BCUT2D eigenvalue weighted by atomic mass is 9.76. The Kier molecular flexibility index (Phi) is 6.08. The summed E-state index contributed by atoms with van der Waals surface area (Å²) >= 11 is 7.56. The Bertz CT molecular complexity index is 477. The van der Waals surface area contributed by atoms with Crippen LogP contribution in [0.25, 0.3) is 0 Å².